The molecule has 24 heavy (non-hydrogen) atoms. The van der Waals surface area contributed by atoms with E-state index in [0.29, 0.717) is 24.1 Å². The van der Waals surface area contributed by atoms with Crippen LogP contribution in [-0.4, -0.2) is 37.0 Å². The SMILES string of the molecule is CCC1(CC)OC(=O)C(C=Nc2ccc(C(=O)OC)cc2)C(=O)O1. The highest BCUT2D eigenvalue weighted by atomic mass is 16.7. The molecule has 1 aliphatic rings. The third-order valence-corrected chi connectivity index (χ3v) is 3.82. The number of aliphatic imine (C=N–C) groups is 1. The zero-order valence-electron chi connectivity index (χ0n) is 13.8. The van der Waals surface area contributed by atoms with Crippen molar-refractivity contribution in [1.29, 1.82) is 0 Å². The monoisotopic (exact) mass is 333 g/mol. The molecule has 1 saturated heterocycles. The number of benzene rings is 1. The Kier molecular flexibility index (Phi) is 5.33. The van der Waals surface area contributed by atoms with Crippen LogP contribution in [0.4, 0.5) is 5.69 Å². The van der Waals surface area contributed by atoms with Crippen molar-refractivity contribution in [3.8, 4) is 0 Å². The van der Waals surface area contributed by atoms with E-state index in [9.17, 15) is 14.4 Å². The maximum Gasteiger partial charge on any atom is 0.337 e. The molecule has 0 atom stereocenters. The molecule has 1 aliphatic heterocycles. The second kappa shape index (κ2) is 7.25. The van der Waals surface area contributed by atoms with Gasteiger partial charge in [0.15, 0.2) is 5.92 Å². The number of hydrogen-bond acceptors (Lipinski definition) is 7. The molecule has 128 valence electrons. The van der Waals surface area contributed by atoms with Crippen LogP contribution < -0.4 is 0 Å². The van der Waals surface area contributed by atoms with E-state index in [1.807, 2.05) is 0 Å². The number of rotatable bonds is 5. The minimum absolute atomic E-state index is 0.378. The van der Waals surface area contributed by atoms with Crippen LogP contribution in [0.25, 0.3) is 0 Å². The first kappa shape index (κ1) is 17.7. The van der Waals surface area contributed by atoms with E-state index in [2.05, 4.69) is 9.73 Å². The van der Waals surface area contributed by atoms with Crippen LogP contribution in [0, 0.1) is 5.92 Å². The Hall–Kier alpha value is -2.70. The maximum absolute atomic E-state index is 12.1. The summed E-state index contributed by atoms with van der Waals surface area (Å²) in [5, 5.41) is 0. The van der Waals surface area contributed by atoms with Gasteiger partial charge >= 0.3 is 17.9 Å². The maximum atomic E-state index is 12.1. The Morgan fingerprint density at radius 1 is 1.17 bits per heavy atom. The lowest BCUT2D eigenvalue weighted by molar-refractivity contribution is -0.250. The Labute approximate surface area is 139 Å². The van der Waals surface area contributed by atoms with Gasteiger partial charge in [0, 0.05) is 19.1 Å². The lowest BCUT2D eigenvalue weighted by Gasteiger charge is -2.36. The zero-order valence-corrected chi connectivity index (χ0v) is 13.8. The summed E-state index contributed by atoms with van der Waals surface area (Å²) in [5.74, 6) is -4.19. The fourth-order valence-electron chi connectivity index (χ4n) is 2.23. The van der Waals surface area contributed by atoms with E-state index in [4.69, 9.17) is 9.47 Å². The summed E-state index contributed by atoms with van der Waals surface area (Å²) < 4.78 is 15.1. The van der Waals surface area contributed by atoms with Gasteiger partial charge in [-0.3, -0.25) is 14.6 Å². The molecule has 2 rings (SSSR count). The number of ether oxygens (including phenoxy) is 3. The molecule has 7 nitrogen and oxygen atoms in total. The summed E-state index contributed by atoms with van der Waals surface area (Å²) in [7, 11) is 1.29. The fourth-order valence-corrected chi connectivity index (χ4v) is 2.23. The van der Waals surface area contributed by atoms with Gasteiger partial charge in [-0.1, -0.05) is 13.8 Å². The van der Waals surface area contributed by atoms with Crippen LogP contribution in [0.15, 0.2) is 29.3 Å². The topological polar surface area (TPSA) is 91.3 Å². The first-order valence-corrected chi connectivity index (χ1v) is 7.63. The largest absolute Gasteiger partial charge is 0.465 e. The first-order valence-electron chi connectivity index (χ1n) is 7.63. The van der Waals surface area contributed by atoms with Gasteiger partial charge in [0.2, 0.25) is 0 Å². The molecule has 0 N–H and O–H groups in total. The Morgan fingerprint density at radius 2 is 1.71 bits per heavy atom. The smallest absolute Gasteiger partial charge is 0.337 e. The predicted octanol–water partition coefficient (Wildman–Crippen LogP) is 2.41. The van der Waals surface area contributed by atoms with Gasteiger partial charge in [0.1, 0.15) is 0 Å². The molecule has 1 heterocycles. The lowest BCUT2D eigenvalue weighted by atomic mass is 10.1. The van der Waals surface area contributed by atoms with Gasteiger partial charge in [-0.25, -0.2) is 4.79 Å². The quantitative estimate of drug-likeness (QED) is 0.467. The van der Waals surface area contributed by atoms with E-state index in [1.165, 1.54) is 25.5 Å². The highest BCUT2D eigenvalue weighted by Gasteiger charge is 2.46. The van der Waals surface area contributed by atoms with E-state index >= 15 is 0 Å². The molecule has 0 radical (unpaired) electrons. The third kappa shape index (κ3) is 3.61. The molecule has 0 spiro atoms. The molecule has 0 aliphatic carbocycles. The predicted molar refractivity (Wildman–Crippen MR) is 84.9 cm³/mol. The van der Waals surface area contributed by atoms with Crippen molar-refractivity contribution in [1.82, 2.24) is 0 Å². The number of methoxy groups -OCH3 is 1. The zero-order chi connectivity index (χ0) is 17.7. The number of nitrogens with zero attached hydrogens (tertiary/aromatic N) is 1. The number of hydrogen-bond donors (Lipinski definition) is 0. The van der Waals surface area contributed by atoms with Gasteiger partial charge in [-0.15, -0.1) is 0 Å². The standard InChI is InChI=1S/C17H19NO6/c1-4-17(5-2)23-15(20)13(16(21)24-17)10-18-12-8-6-11(7-9-12)14(19)22-3/h6-10,13H,4-5H2,1-3H3. The van der Waals surface area contributed by atoms with Crippen molar-refractivity contribution >= 4 is 29.8 Å². The minimum Gasteiger partial charge on any atom is -0.465 e. The summed E-state index contributed by atoms with van der Waals surface area (Å²) >= 11 is 0. The van der Waals surface area contributed by atoms with Crippen LogP contribution in [0.5, 0.6) is 0 Å². The molecule has 1 aromatic carbocycles. The minimum atomic E-state index is -1.20. The molecule has 7 heteroatoms. The van der Waals surface area contributed by atoms with Gasteiger partial charge < -0.3 is 14.2 Å². The molecule has 0 amide bonds. The average Bonchev–Trinajstić information content (AvgIpc) is 2.60. The Bertz CT molecular complexity index is 640. The van der Waals surface area contributed by atoms with E-state index in [-0.39, 0.29) is 0 Å². The van der Waals surface area contributed by atoms with Crippen molar-refractivity contribution in [3.05, 3.63) is 29.8 Å². The summed E-state index contributed by atoms with van der Waals surface area (Å²) in [4.78, 5) is 39.6. The Balaban J connectivity index is 2.10. The van der Waals surface area contributed by atoms with E-state index < -0.39 is 29.6 Å². The second-order valence-electron chi connectivity index (χ2n) is 5.25. The van der Waals surface area contributed by atoms with Crippen molar-refractivity contribution in [2.24, 2.45) is 10.9 Å². The van der Waals surface area contributed by atoms with Crippen molar-refractivity contribution < 1.29 is 28.6 Å². The molecule has 1 fully saturated rings. The highest BCUT2D eigenvalue weighted by molar-refractivity contribution is 6.10. The van der Waals surface area contributed by atoms with Crippen LogP contribution in [0.2, 0.25) is 0 Å². The molecule has 0 bridgehead atoms. The van der Waals surface area contributed by atoms with Gasteiger partial charge in [-0.05, 0) is 24.3 Å². The van der Waals surface area contributed by atoms with Crippen molar-refractivity contribution in [2.45, 2.75) is 32.5 Å². The number of carbonyl (C=O) groups excluding carboxylic acids is 3. The van der Waals surface area contributed by atoms with Crippen molar-refractivity contribution in [2.75, 3.05) is 7.11 Å². The number of carbonyl (C=O) groups is 3. The first-order chi connectivity index (χ1) is 11.4. The summed E-state index contributed by atoms with van der Waals surface area (Å²) in [5.41, 5.74) is 0.856. The normalized spacial score (nSPS) is 17.5. The number of esters is 3. The van der Waals surface area contributed by atoms with Crippen LogP contribution in [0.1, 0.15) is 37.0 Å². The molecular weight excluding hydrogens is 314 g/mol. The molecule has 0 saturated carbocycles. The van der Waals surface area contributed by atoms with Gasteiger partial charge in [-0.2, -0.15) is 0 Å². The Morgan fingerprint density at radius 3 is 2.17 bits per heavy atom. The lowest BCUT2D eigenvalue weighted by Crippen LogP contribution is -2.49. The average molecular weight is 333 g/mol. The van der Waals surface area contributed by atoms with Crippen LogP contribution >= 0.6 is 0 Å². The molecular formula is C17H19NO6. The van der Waals surface area contributed by atoms with Crippen molar-refractivity contribution in [3.63, 3.8) is 0 Å². The molecule has 1 aromatic rings. The molecule has 0 unspecified atom stereocenters. The van der Waals surface area contributed by atoms with Crippen LogP contribution in [-0.2, 0) is 23.8 Å². The second-order valence-corrected chi connectivity index (χ2v) is 5.25. The summed E-state index contributed by atoms with van der Waals surface area (Å²) in [6.45, 7) is 3.56. The summed E-state index contributed by atoms with van der Waals surface area (Å²) in [6, 6.07) is 6.22. The summed E-state index contributed by atoms with van der Waals surface area (Å²) in [6.07, 6.45) is 1.97. The molecule has 0 aromatic heterocycles. The fraction of sp³-hybridized carbons (Fsp3) is 0.412. The number of cyclic esters (lactones) is 2. The van der Waals surface area contributed by atoms with Gasteiger partial charge in [0.25, 0.3) is 5.79 Å². The van der Waals surface area contributed by atoms with Gasteiger partial charge in [0.05, 0.1) is 18.4 Å². The third-order valence-electron chi connectivity index (χ3n) is 3.82. The van der Waals surface area contributed by atoms with E-state index in [0.717, 1.165) is 0 Å². The van der Waals surface area contributed by atoms with E-state index in [1.54, 1.807) is 26.0 Å². The van der Waals surface area contributed by atoms with Crippen LogP contribution in [0.3, 0.4) is 0 Å². The highest BCUT2D eigenvalue weighted by Crippen LogP contribution is 2.29.